The Hall–Kier alpha value is -1.26. The van der Waals surface area contributed by atoms with Gasteiger partial charge in [-0.1, -0.05) is 6.92 Å². The third kappa shape index (κ3) is 1.49. The highest BCUT2D eigenvalue weighted by molar-refractivity contribution is 5.30. The Morgan fingerprint density at radius 2 is 2.33 bits per heavy atom. The van der Waals surface area contributed by atoms with Gasteiger partial charge in [0.05, 0.1) is 6.04 Å². The minimum Gasteiger partial charge on any atom is -0.368 e. The van der Waals surface area contributed by atoms with Gasteiger partial charge in [0.2, 0.25) is 11.9 Å². The molecule has 12 heavy (non-hydrogen) atoms. The average Bonchev–Trinajstić information content (AvgIpc) is 2.45. The summed E-state index contributed by atoms with van der Waals surface area (Å²) in [4.78, 5) is 4.02. The van der Waals surface area contributed by atoms with Gasteiger partial charge in [0, 0.05) is 7.05 Å². The van der Waals surface area contributed by atoms with Crippen molar-refractivity contribution in [3.05, 3.63) is 0 Å². The van der Waals surface area contributed by atoms with Crippen LogP contribution in [0.2, 0.25) is 0 Å². The molecule has 0 saturated heterocycles. The molecule has 1 heterocycles. The SMILES string of the molecule is CCC(C)n1nc(NC)nc1N. The number of nitrogens with one attached hydrogen (secondary N) is 1. The Kier molecular flexibility index (Phi) is 2.52. The molecule has 1 unspecified atom stereocenters. The first kappa shape index (κ1) is 8.83. The van der Waals surface area contributed by atoms with Crippen LogP contribution in [0.25, 0.3) is 0 Å². The summed E-state index contributed by atoms with van der Waals surface area (Å²) >= 11 is 0. The van der Waals surface area contributed by atoms with Gasteiger partial charge in [-0.05, 0) is 13.3 Å². The molecule has 0 saturated carbocycles. The Morgan fingerprint density at radius 3 is 2.75 bits per heavy atom. The van der Waals surface area contributed by atoms with Crippen LogP contribution >= 0.6 is 0 Å². The van der Waals surface area contributed by atoms with Gasteiger partial charge < -0.3 is 11.1 Å². The number of aromatic nitrogens is 3. The highest BCUT2D eigenvalue weighted by atomic mass is 15.4. The summed E-state index contributed by atoms with van der Waals surface area (Å²) in [6, 6.07) is 0.305. The Bertz CT molecular complexity index is 254. The summed E-state index contributed by atoms with van der Waals surface area (Å²) in [6.45, 7) is 4.15. The number of anilines is 2. The van der Waals surface area contributed by atoms with E-state index in [1.807, 2.05) is 0 Å². The Balaban J connectivity index is 2.91. The molecule has 0 spiro atoms. The molecule has 3 N–H and O–H groups in total. The molecule has 68 valence electrons. The molecule has 0 aliphatic carbocycles. The van der Waals surface area contributed by atoms with Gasteiger partial charge in [-0.25, -0.2) is 4.68 Å². The first-order valence-electron chi connectivity index (χ1n) is 4.08. The van der Waals surface area contributed by atoms with Crippen LogP contribution in [-0.2, 0) is 0 Å². The van der Waals surface area contributed by atoms with Gasteiger partial charge in [-0.15, -0.1) is 5.10 Å². The minimum absolute atomic E-state index is 0.305. The van der Waals surface area contributed by atoms with Crippen molar-refractivity contribution in [3.8, 4) is 0 Å². The van der Waals surface area contributed by atoms with E-state index in [2.05, 4.69) is 29.2 Å². The van der Waals surface area contributed by atoms with E-state index in [0.717, 1.165) is 6.42 Å². The summed E-state index contributed by atoms with van der Waals surface area (Å²) in [5.41, 5.74) is 5.64. The van der Waals surface area contributed by atoms with Crippen molar-refractivity contribution in [2.24, 2.45) is 0 Å². The van der Waals surface area contributed by atoms with Gasteiger partial charge >= 0.3 is 0 Å². The maximum absolute atomic E-state index is 5.64. The number of hydrogen-bond acceptors (Lipinski definition) is 4. The lowest BCUT2D eigenvalue weighted by molar-refractivity contribution is 0.485. The van der Waals surface area contributed by atoms with E-state index in [1.165, 1.54) is 0 Å². The van der Waals surface area contributed by atoms with Gasteiger partial charge in [0.1, 0.15) is 0 Å². The topological polar surface area (TPSA) is 68.8 Å². The van der Waals surface area contributed by atoms with Crippen LogP contribution in [0.15, 0.2) is 0 Å². The van der Waals surface area contributed by atoms with Gasteiger partial charge in [0.25, 0.3) is 0 Å². The van der Waals surface area contributed by atoms with E-state index >= 15 is 0 Å². The van der Waals surface area contributed by atoms with Crippen molar-refractivity contribution in [3.63, 3.8) is 0 Å². The molecule has 1 rings (SSSR count). The highest BCUT2D eigenvalue weighted by Gasteiger charge is 2.09. The van der Waals surface area contributed by atoms with E-state index in [9.17, 15) is 0 Å². The number of hydrogen-bond donors (Lipinski definition) is 2. The van der Waals surface area contributed by atoms with Crippen LogP contribution in [0, 0.1) is 0 Å². The van der Waals surface area contributed by atoms with Crippen LogP contribution in [0.4, 0.5) is 11.9 Å². The maximum atomic E-state index is 5.64. The summed E-state index contributed by atoms with van der Waals surface area (Å²) < 4.78 is 1.73. The number of nitrogens with two attached hydrogens (primary N) is 1. The lowest BCUT2D eigenvalue weighted by atomic mass is 10.3. The maximum Gasteiger partial charge on any atom is 0.243 e. The lowest BCUT2D eigenvalue weighted by Gasteiger charge is -2.08. The van der Waals surface area contributed by atoms with Gasteiger partial charge in [-0.3, -0.25) is 0 Å². The molecule has 0 amide bonds. The second kappa shape index (κ2) is 3.42. The molecule has 1 atom stereocenters. The molecular weight excluding hydrogens is 154 g/mol. The molecule has 0 radical (unpaired) electrons. The van der Waals surface area contributed by atoms with Crippen LogP contribution in [0.3, 0.4) is 0 Å². The molecule has 0 bridgehead atoms. The minimum atomic E-state index is 0.305. The second-order valence-corrected chi connectivity index (χ2v) is 2.75. The molecule has 5 nitrogen and oxygen atoms in total. The monoisotopic (exact) mass is 169 g/mol. The summed E-state index contributed by atoms with van der Waals surface area (Å²) in [5, 5.41) is 7.01. The Morgan fingerprint density at radius 1 is 1.67 bits per heavy atom. The van der Waals surface area contributed by atoms with Crippen molar-refractivity contribution >= 4 is 11.9 Å². The zero-order chi connectivity index (χ0) is 9.14. The van der Waals surface area contributed by atoms with Crippen LogP contribution < -0.4 is 11.1 Å². The smallest absolute Gasteiger partial charge is 0.243 e. The molecule has 1 aromatic rings. The predicted molar refractivity (Wildman–Crippen MR) is 49.0 cm³/mol. The van der Waals surface area contributed by atoms with Crippen LogP contribution in [0.5, 0.6) is 0 Å². The zero-order valence-electron chi connectivity index (χ0n) is 7.70. The first-order chi connectivity index (χ1) is 5.69. The fraction of sp³-hybridized carbons (Fsp3) is 0.714. The van der Waals surface area contributed by atoms with Crippen LogP contribution in [0.1, 0.15) is 26.3 Å². The third-order valence-corrected chi connectivity index (χ3v) is 1.89. The van der Waals surface area contributed by atoms with E-state index in [-0.39, 0.29) is 0 Å². The largest absolute Gasteiger partial charge is 0.368 e. The molecule has 0 aliphatic heterocycles. The van der Waals surface area contributed by atoms with E-state index in [4.69, 9.17) is 5.73 Å². The summed E-state index contributed by atoms with van der Waals surface area (Å²) in [5.74, 6) is 1.04. The van der Waals surface area contributed by atoms with Crippen molar-refractivity contribution in [1.29, 1.82) is 0 Å². The van der Waals surface area contributed by atoms with E-state index in [0.29, 0.717) is 17.9 Å². The lowest BCUT2D eigenvalue weighted by Crippen LogP contribution is -2.09. The third-order valence-electron chi connectivity index (χ3n) is 1.89. The number of rotatable bonds is 3. The quantitative estimate of drug-likeness (QED) is 0.704. The van der Waals surface area contributed by atoms with Gasteiger partial charge in [0.15, 0.2) is 0 Å². The van der Waals surface area contributed by atoms with Crippen molar-refractivity contribution in [2.45, 2.75) is 26.3 Å². The van der Waals surface area contributed by atoms with Crippen molar-refractivity contribution in [1.82, 2.24) is 14.8 Å². The molecular formula is C7H15N5. The molecule has 5 heteroatoms. The average molecular weight is 169 g/mol. The highest BCUT2D eigenvalue weighted by Crippen LogP contribution is 2.14. The zero-order valence-corrected chi connectivity index (χ0v) is 7.70. The second-order valence-electron chi connectivity index (χ2n) is 2.75. The fourth-order valence-electron chi connectivity index (χ4n) is 0.939. The molecule has 0 aromatic carbocycles. The summed E-state index contributed by atoms with van der Waals surface area (Å²) in [7, 11) is 1.77. The predicted octanol–water partition coefficient (Wildman–Crippen LogP) is 0.873. The van der Waals surface area contributed by atoms with E-state index < -0.39 is 0 Å². The normalized spacial score (nSPS) is 12.9. The fourth-order valence-corrected chi connectivity index (χ4v) is 0.939. The number of nitrogen functional groups attached to an aromatic ring is 1. The van der Waals surface area contributed by atoms with E-state index in [1.54, 1.807) is 11.7 Å². The molecule has 1 aromatic heterocycles. The molecule has 0 aliphatic rings. The first-order valence-corrected chi connectivity index (χ1v) is 4.08. The standard InChI is InChI=1S/C7H15N5/c1-4-5(2)12-6(8)10-7(9-3)11-12/h5H,4H2,1-3H3,(H3,8,9,10,11). The van der Waals surface area contributed by atoms with Crippen LogP contribution in [-0.4, -0.2) is 21.8 Å². The van der Waals surface area contributed by atoms with Crippen molar-refractivity contribution < 1.29 is 0 Å². The van der Waals surface area contributed by atoms with Crippen molar-refractivity contribution in [2.75, 3.05) is 18.1 Å². The Labute approximate surface area is 72.0 Å². The summed E-state index contributed by atoms with van der Waals surface area (Å²) in [6.07, 6.45) is 0.997. The number of nitrogens with zero attached hydrogens (tertiary/aromatic N) is 3. The molecule has 0 fully saturated rings. The van der Waals surface area contributed by atoms with Gasteiger partial charge in [-0.2, -0.15) is 4.98 Å².